The predicted octanol–water partition coefficient (Wildman–Crippen LogP) is 5.45. The van der Waals surface area contributed by atoms with Gasteiger partial charge in [0, 0.05) is 5.41 Å². The maximum absolute atomic E-state index is 2.37. The number of fused-ring (bicyclic) bond motifs is 5. The molecule has 0 nitrogen and oxygen atoms in total. The SMILES string of the molecule is Cc1cc2c(c3ccccc13)C(C)(C)c1ccccc1-2. The Morgan fingerprint density at radius 3 is 2.20 bits per heavy atom. The van der Waals surface area contributed by atoms with E-state index in [1.807, 2.05) is 0 Å². The normalized spacial score (nSPS) is 15.2. The van der Waals surface area contributed by atoms with Crippen molar-refractivity contribution >= 4 is 10.8 Å². The largest absolute Gasteiger partial charge is 0.0619 e. The van der Waals surface area contributed by atoms with Gasteiger partial charge in [-0.15, -0.1) is 0 Å². The zero-order valence-electron chi connectivity index (χ0n) is 12.2. The summed E-state index contributed by atoms with van der Waals surface area (Å²) in [5, 5.41) is 2.79. The molecule has 0 saturated carbocycles. The Balaban J connectivity index is 2.23. The monoisotopic (exact) mass is 258 g/mol. The molecule has 0 N–H and O–H groups in total. The van der Waals surface area contributed by atoms with Crippen LogP contribution in [0.4, 0.5) is 0 Å². The fourth-order valence-corrected chi connectivity index (χ4v) is 3.84. The molecule has 0 aromatic heterocycles. The lowest BCUT2D eigenvalue weighted by atomic mass is 9.80. The molecule has 20 heavy (non-hydrogen) atoms. The highest BCUT2D eigenvalue weighted by Crippen LogP contribution is 2.51. The van der Waals surface area contributed by atoms with Gasteiger partial charge in [0.1, 0.15) is 0 Å². The third-order valence-electron chi connectivity index (χ3n) is 4.77. The Labute approximate surface area is 120 Å². The minimum Gasteiger partial charge on any atom is -0.0619 e. The van der Waals surface area contributed by atoms with Crippen molar-refractivity contribution in [2.45, 2.75) is 26.2 Å². The molecule has 0 amide bonds. The minimum atomic E-state index is 0.0826. The van der Waals surface area contributed by atoms with E-state index in [-0.39, 0.29) is 5.41 Å². The van der Waals surface area contributed by atoms with E-state index in [1.165, 1.54) is 38.6 Å². The van der Waals surface area contributed by atoms with E-state index in [0.717, 1.165) is 0 Å². The van der Waals surface area contributed by atoms with Gasteiger partial charge in [-0.05, 0) is 45.5 Å². The quantitative estimate of drug-likeness (QED) is 0.502. The standard InChI is InChI=1S/C20H18/c1-13-12-17-15-9-6-7-11-18(15)20(2,3)19(17)16-10-5-4-8-14(13)16/h4-12H,1-3H3. The molecule has 0 spiro atoms. The van der Waals surface area contributed by atoms with Crippen LogP contribution in [0.2, 0.25) is 0 Å². The maximum Gasteiger partial charge on any atom is 0.0165 e. The second-order valence-corrected chi connectivity index (χ2v) is 6.33. The van der Waals surface area contributed by atoms with Crippen molar-refractivity contribution in [2.75, 3.05) is 0 Å². The molecule has 3 aromatic rings. The third kappa shape index (κ3) is 1.31. The van der Waals surface area contributed by atoms with Crippen LogP contribution in [0.25, 0.3) is 21.9 Å². The van der Waals surface area contributed by atoms with E-state index in [2.05, 4.69) is 75.4 Å². The Hall–Kier alpha value is -2.08. The summed E-state index contributed by atoms with van der Waals surface area (Å²) in [6, 6.07) is 20.0. The molecule has 3 aromatic carbocycles. The van der Waals surface area contributed by atoms with Crippen LogP contribution in [0.1, 0.15) is 30.5 Å². The first-order valence-corrected chi connectivity index (χ1v) is 7.23. The van der Waals surface area contributed by atoms with Crippen LogP contribution in [-0.2, 0) is 5.41 Å². The molecule has 0 atom stereocenters. The van der Waals surface area contributed by atoms with E-state index in [1.54, 1.807) is 0 Å². The molecule has 0 radical (unpaired) electrons. The molecule has 0 heterocycles. The number of hydrogen-bond donors (Lipinski definition) is 0. The summed E-state index contributed by atoms with van der Waals surface area (Å²) in [7, 11) is 0. The van der Waals surface area contributed by atoms with Gasteiger partial charge in [0.05, 0.1) is 0 Å². The van der Waals surface area contributed by atoms with Crippen LogP contribution in [0.3, 0.4) is 0 Å². The van der Waals surface area contributed by atoms with Crippen LogP contribution in [-0.4, -0.2) is 0 Å². The van der Waals surface area contributed by atoms with Crippen LogP contribution in [0.5, 0.6) is 0 Å². The molecule has 0 bridgehead atoms. The van der Waals surface area contributed by atoms with Crippen molar-refractivity contribution in [1.82, 2.24) is 0 Å². The molecule has 0 aliphatic heterocycles. The summed E-state index contributed by atoms with van der Waals surface area (Å²) < 4.78 is 0. The van der Waals surface area contributed by atoms with E-state index in [4.69, 9.17) is 0 Å². The molecular formula is C20H18. The fourth-order valence-electron chi connectivity index (χ4n) is 3.84. The van der Waals surface area contributed by atoms with Crippen molar-refractivity contribution in [3.05, 3.63) is 71.3 Å². The molecule has 0 fully saturated rings. The molecule has 0 saturated heterocycles. The second kappa shape index (κ2) is 3.73. The van der Waals surface area contributed by atoms with Gasteiger partial charge in [-0.25, -0.2) is 0 Å². The average Bonchev–Trinajstić information content (AvgIpc) is 2.68. The molecular weight excluding hydrogens is 240 g/mol. The minimum absolute atomic E-state index is 0.0826. The Kier molecular flexibility index (Phi) is 2.18. The summed E-state index contributed by atoms with van der Waals surface area (Å²) in [5.41, 5.74) is 7.21. The molecule has 0 heteroatoms. The third-order valence-corrected chi connectivity index (χ3v) is 4.77. The van der Waals surface area contributed by atoms with Crippen LogP contribution >= 0.6 is 0 Å². The Morgan fingerprint density at radius 2 is 1.40 bits per heavy atom. The molecule has 1 aliphatic rings. The smallest absolute Gasteiger partial charge is 0.0165 e. The van der Waals surface area contributed by atoms with Gasteiger partial charge in [-0.2, -0.15) is 0 Å². The maximum atomic E-state index is 2.37. The first kappa shape index (κ1) is 11.7. The average molecular weight is 258 g/mol. The van der Waals surface area contributed by atoms with Gasteiger partial charge in [0.15, 0.2) is 0 Å². The van der Waals surface area contributed by atoms with Crippen molar-refractivity contribution in [3.8, 4) is 11.1 Å². The highest BCUT2D eigenvalue weighted by atomic mass is 14.4. The van der Waals surface area contributed by atoms with Crippen LogP contribution < -0.4 is 0 Å². The Bertz CT molecular complexity index is 838. The lowest BCUT2D eigenvalue weighted by molar-refractivity contribution is 0.666. The molecule has 98 valence electrons. The lowest BCUT2D eigenvalue weighted by Crippen LogP contribution is -2.15. The first-order valence-electron chi connectivity index (χ1n) is 7.23. The fraction of sp³-hybridized carbons (Fsp3) is 0.200. The van der Waals surface area contributed by atoms with Gasteiger partial charge >= 0.3 is 0 Å². The van der Waals surface area contributed by atoms with Gasteiger partial charge in [0.2, 0.25) is 0 Å². The van der Waals surface area contributed by atoms with Gasteiger partial charge in [-0.1, -0.05) is 68.4 Å². The van der Waals surface area contributed by atoms with Gasteiger partial charge in [-0.3, -0.25) is 0 Å². The number of benzene rings is 3. The highest BCUT2D eigenvalue weighted by molar-refractivity contribution is 5.99. The summed E-state index contributed by atoms with van der Waals surface area (Å²) in [6.45, 7) is 6.91. The van der Waals surface area contributed by atoms with E-state index in [9.17, 15) is 0 Å². The molecule has 0 unspecified atom stereocenters. The van der Waals surface area contributed by atoms with Crippen molar-refractivity contribution in [3.63, 3.8) is 0 Å². The van der Waals surface area contributed by atoms with Gasteiger partial charge in [0.25, 0.3) is 0 Å². The van der Waals surface area contributed by atoms with Crippen molar-refractivity contribution in [2.24, 2.45) is 0 Å². The zero-order valence-corrected chi connectivity index (χ0v) is 12.2. The summed E-state index contributed by atoms with van der Waals surface area (Å²) in [5.74, 6) is 0. The van der Waals surface area contributed by atoms with Crippen molar-refractivity contribution in [1.29, 1.82) is 0 Å². The Morgan fingerprint density at radius 1 is 0.750 bits per heavy atom. The number of aryl methyl sites for hydroxylation is 1. The second-order valence-electron chi connectivity index (χ2n) is 6.33. The summed E-state index contributed by atoms with van der Waals surface area (Å²) in [6.07, 6.45) is 0. The topological polar surface area (TPSA) is 0 Å². The van der Waals surface area contributed by atoms with E-state index in [0.29, 0.717) is 0 Å². The van der Waals surface area contributed by atoms with Crippen molar-refractivity contribution < 1.29 is 0 Å². The summed E-state index contributed by atoms with van der Waals surface area (Å²) >= 11 is 0. The van der Waals surface area contributed by atoms with Crippen LogP contribution in [0, 0.1) is 6.92 Å². The highest BCUT2D eigenvalue weighted by Gasteiger charge is 2.36. The molecule has 1 aliphatic carbocycles. The van der Waals surface area contributed by atoms with Gasteiger partial charge < -0.3 is 0 Å². The number of rotatable bonds is 0. The van der Waals surface area contributed by atoms with E-state index < -0.39 is 0 Å². The lowest BCUT2D eigenvalue weighted by Gasteiger charge is -2.23. The first-order chi connectivity index (χ1) is 9.60. The van der Waals surface area contributed by atoms with Crippen LogP contribution in [0.15, 0.2) is 54.6 Å². The summed E-state index contributed by atoms with van der Waals surface area (Å²) in [4.78, 5) is 0. The predicted molar refractivity (Wildman–Crippen MR) is 86.2 cm³/mol. The molecule has 4 rings (SSSR count). The number of hydrogen-bond acceptors (Lipinski definition) is 0. The van der Waals surface area contributed by atoms with E-state index >= 15 is 0 Å². The zero-order chi connectivity index (χ0) is 13.9.